The molecule has 0 heterocycles. The monoisotopic (exact) mass is 298 g/mol. The maximum atomic E-state index is 11.5. The van der Waals surface area contributed by atoms with Crippen LogP contribution in [0.2, 0.25) is 0 Å². The van der Waals surface area contributed by atoms with Gasteiger partial charge in [-0.25, -0.2) is 4.79 Å². The first-order valence-corrected chi connectivity index (χ1v) is 5.83. The molecule has 0 saturated heterocycles. The van der Waals surface area contributed by atoms with Crippen molar-refractivity contribution in [3.63, 3.8) is 0 Å². The Kier molecular flexibility index (Phi) is 6.08. The minimum Gasteiger partial charge on any atom is -0.484 e. The van der Waals surface area contributed by atoms with E-state index in [2.05, 4.69) is 10.1 Å². The number of nitro groups is 1. The number of aliphatic hydroxyl groups excluding tert-OH is 1. The molecule has 21 heavy (non-hydrogen) atoms. The van der Waals surface area contributed by atoms with Gasteiger partial charge in [0.05, 0.1) is 24.7 Å². The third kappa shape index (κ3) is 5.07. The van der Waals surface area contributed by atoms with Crippen LogP contribution >= 0.6 is 0 Å². The number of carbonyl (C=O) groups is 2. The van der Waals surface area contributed by atoms with Crippen LogP contribution in [0.3, 0.4) is 0 Å². The van der Waals surface area contributed by atoms with E-state index in [0.29, 0.717) is 0 Å². The third-order valence-corrected chi connectivity index (χ3v) is 2.40. The summed E-state index contributed by atoms with van der Waals surface area (Å²) in [6, 6.07) is 4.13. The van der Waals surface area contributed by atoms with Crippen molar-refractivity contribution in [2.75, 3.05) is 20.3 Å². The van der Waals surface area contributed by atoms with Gasteiger partial charge in [-0.15, -0.1) is 0 Å². The quantitative estimate of drug-likeness (QED) is 0.399. The smallest absolute Gasteiger partial charge is 0.330 e. The highest BCUT2D eigenvalue weighted by atomic mass is 16.6. The highest BCUT2D eigenvalue weighted by Crippen LogP contribution is 2.18. The number of esters is 1. The average molecular weight is 298 g/mol. The predicted octanol–water partition coefficient (Wildman–Crippen LogP) is -0.376. The number of nitrogens with one attached hydrogen (secondary N) is 1. The molecule has 9 nitrogen and oxygen atoms in total. The summed E-state index contributed by atoms with van der Waals surface area (Å²) in [6.45, 7) is -1.08. The number of hydrogen-bond acceptors (Lipinski definition) is 7. The summed E-state index contributed by atoms with van der Waals surface area (Å²) >= 11 is 0. The molecule has 2 N–H and O–H groups in total. The molecule has 114 valence electrons. The van der Waals surface area contributed by atoms with Gasteiger partial charge in [0.2, 0.25) is 0 Å². The topological polar surface area (TPSA) is 128 Å². The van der Waals surface area contributed by atoms with Crippen LogP contribution in [0.4, 0.5) is 5.69 Å². The normalized spacial score (nSPS) is 11.3. The fourth-order valence-electron chi connectivity index (χ4n) is 1.39. The van der Waals surface area contributed by atoms with Crippen molar-refractivity contribution in [1.82, 2.24) is 5.32 Å². The molecular formula is C12H14N2O7. The molecule has 1 unspecified atom stereocenters. The Labute approximate surface area is 119 Å². The number of rotatable bonds is 7. The Morgan fingerprint density at radius 3 is 2.76 bits per heavy atom. The molecule has 0 radical (unpaired) electrons. The zero-order chi connectivity index (χ0) is 15.8. The van der Waals surface area contributed by atoms with Gasteiger partial charge in [0, 0.05) is 6.07 Å². The number of ether oxygens (including phenoxy) is 2. The standard InChI is InChI=1S/C12H14N2O7/c1-20-12(17)10(6-15)13-11(16)7-21-9-4-2-3-8(5-9)14(18)19/h2-5,10,15H,6-7H2,1H3,(H,13,16). The van der Waals surface area contributed by atoms with Gasteiger partial charge < -0.3 is 19.9 Å². The van der Waals surface area contributed by atoms with Crippen molar-refractivity contribution < 1.29 is 29.1 Å². The highest BCUT2D eigenvalue weighted by Gasteiger charge is 2.20. The van der Waals surface area contributed by atoms with Crippen LogP contribution in [-0.2, 0) is 14.3 Å². The molecule has 1 atom stereocenters. The van der Waals surface area contributed by atoms with E-state index in [9.17, 15) is 19.7 Å². The van der Waals surface area contributed by atoms with Crippen LogP contribution in [0.15, 0.2) is 24.3 Å². The molecule has 0 saturated carbocycles. The van der Waals surface area contributed by atoms with Crippen molar-refractivity contribution in [3.8, 4) is 5.75 Å². The number of nitrogens with zero attached hydrogens (tertiary/aromatic N) is 1. The highest BCUT2D eigenvalue weighted by molar-refractivity contribution is 5.85. The fourth-order valence-corrected chi connectivity index (χ4v) is 1.39. The lowest BCUT2D eigenvalue weighted by atomic mass is 10.3. The van der Waals surface area contributed by atoms with Crippen molar-refractivity contribution in [3.05, 3.63) is 34.4 Å². The van der Waals surface area contributed by atoms with Gasteiger partial charge in [-0.2, -0.15) is 0 Å². The van der Waals surface area contributed by atoms with Crippen LogP contribution in [0.25, 0.3) is 0 Å². The average Bonchev–Trinajstić information content (AvgIpc) is 2.50. The number of hydrogen-bond donors (Lipinski definition) is 2. The van der Waals surface area contributed by atoms with Crippen LogP contribution in [-0.4, -0.2) is 48.3 Å². The molecule has 0 aromatic heterocycles. The van der Waals surface area contributed by atoms with E-state index < -0.39 is 36.1 Å². The van der Waals surface area contributed by atoms with Gasteiger partial charge in [-0.3, -0.25) is 14.9 Å². The van der Waals surface area contributed by atoms with E-state index in [1.54, 1.807) is 0 Å². The van der Waals surface area contributed by atoms with Crippen molar-refractivity contribution >= 4 is 17.6 Å². The Hall–Kier alpha value is -2.68. The van der Waals surface area contributed by atoms with Gasteiger partial charge in [-0.05, 0) is 6.07 Å². The van der Waals surface area contributed by atoms with Gasteiger partial charge in [-0.1, -0.05) is 6.07 Å². The van der Waals surface area contributed by atoms with E-state index in [1.807, 2.05) is 0 Å². The fraction of sp³-hybridized carbons (Fsp3) is 0.333. The molecule has 0 aliphatic carbocycles. The molecule has 0 aliphatic rings. The Morgan fingerprint density at radius 2 is 2.19 bits per heavy atom. The Morgan fingerprint density at radius 1 is 1.48 bits per heavy atom. The largest absolute Gasteiger partial charge is 0.484 e. The maximum absolute atomic E-state index is 11.5. The van der Waals surface area contributed by atoms with Gasteiger partial charge in [0.15, 0.2) is 12.6 Å². The van der Waals surface area contributed by atoms with Crippen LogP contribution < -0.4 is 10.1 Å². The number of non-ortho nitro benzene ring substituents is 1. The van der Waals surface area contributed by atoms with E-state index >= 15 is 0 Å². The minimum absolute atomic E-state index is 0.137. The lowest BCUT2D eigenvalue weighted by Crippen LogP contribution is -2.45. The van der Waals surface area contributed by atoms with Crippen molar-refractivity contribution in [1.29, 1.82) is 0 Å². The van der Waals surface area contributed by atoms with Crippen LogP contribution in [0.5, 0.6) is 5.75 Å². The van der Waals surface area contributed by atoms with E-state index in [1.165, 1.54) is 18.2 Å². The maximum Gasteiger partial charge on any atom is 0.330 e. The van der Waals surface area contributed by atoms with Crippen LogP contribution in [0.1, 0.15) is 0 Å². The lowest BCUT2D eigenvalue weighted by molar-refractivity contribution is -0.384. The molecule has 1 aromatic rings. The Bertz CT molecular complexity index is 532. The molecule has 0 fully saturated rings. The number of aliphatic hydroxyl groups is 1. The van der Waals surface area contributed by atoms with Gasteiger partial charge in [0.1, 0.15) is 5.75 Å². The molecule has 0 bridgehead atoms. The van der Waals surface area contributed by atoms with Gasteiger partial charge in [0.25, 0.3) is 11.6 Å². The Balaban J connectivity index is 2.54. The summed E-state index contributed by atoms with van der Waals surface area (Å²) in [6.07, 6.45) is 0. The molecule has 0 spiro atoms. The number of carbonyl (C=O) groups excluding carboxylic acids is 2. The number of methoxy groups -OCH3 is 1. The van der Waals surface area contributed by atoms with E-state index in [4.69, 9.17) is 9.84 Å². The first-order chi connectivity index (χ1) is 9.97. The molecule has 1 amide bonds. The number of benzene rings is 1. The summed E-state index contributed by atoms with van der Waals surface area (Å²) in [7, 11) is 1.12. The van der Waals surface area contributed by atoms with E-state index in [0.717, 1.165) is 13.2 Å². The second-order valence-corrected chi connectivity index (χ2v) is 3.87. The number of nitro benzene ring substituents is 1. The first-order valence-electron chi connectivity index (χ1n) is 5.83. The van der Waals surface area contributed by atoms with Gasteiger partial charge >= 0.3 is 5.97 Å². The zero-order valence-electron chi connectivity index (χ0n) is 11.1. The second-order valence-electron chi connectivity index (χ2n) is 3.87. The molecule has 1 aromatic carbocycles. The molecule has 9 heteroatoms. The zero-order valence-corrected chi connectivity index (χ0v) is 11.1. The van der Waals surface area contributed by atoms with Crippen molar-refractivity contribution in [2.24, 2.45) is 0 Å². The second kappa shape index (κ2) is 7.80. The van der Waals surface area contributed by atoms with E-state index in [-0.39, 0.29) is 11.4 Å². The molecule has 1 rings (SSSR count). The summed E-state index contributed by atoms with van der Waals surface area (Å²) in [4.78, 5) is 32.7. The summed E-state index contributed by atoms with van der Waals surface area (Å²) in [5.74, 6) is -1.33. The first kappa shape index (κ1) is 16.4. The molecular weight excluding hydrogens is 284 g/mol. The molecule has 0 aliphatic heterocycles. The summed E-state index contributed by atoms with van der Waals surface area (Å²) in [5, 5.41) is 21.7. The lowest BCUT2D eigenvalue weighted by Gasteiger charge is -2.14. The number of amides is 1. The predicted molar refractivity (Wildman–Crippen MR) is 69.6 cm³/mol. The summed E-state index contributed by atoms with van der Waals surface area (Å²) < 4.78 is 9.45. The van der Waals surface area contributed by atoms with Crippen LogP contribution in [0, 0.1) is 10.1 Å². The minimum atomic E-state index is -1.18. The van der Waals surface area contributed by atoms with Crippen molar-refractivity contribution in [2.45, 2.75) is 6.04 Å². The summed E-state index contributed by atoms with van der Waals surface area (Å²) in [5.41, 5.74) is -0.171. The SMILES string of the molecule is COC(=O)C(CO)NC(=O)COc1cccc([N+](=O)[O-])c1. The third-order valence-electron chi connectivity index (χ3n) is 2.40.